The average Bonchev–Trinajstić information content (AvgIpc) is 2.52. The minimum absolute atomic E-state index is 0.153. The van der Waals surface area contributed by atoms with Crippen molar-refractivity contribution in [2.24, 2.45) is 0 Å². The van der Waals surface area contributed by atoms with Gasteiger partial charge in [-0.2, -0.15) is 5.26 Å². The fraction of sp³-hybridized carbons (Fsp3) is 0.125. The summed E-state index contributed by atoms with van der Waals surface area (Å²) in [4.78, 5) is 12.0. The van der Waals surface area contributed by atoms with Crippen molar-refractivity contribution in [1.29, 1.82) is 5.26 Å². The maximum atomic E-state index is 13.5. The molecule has 1 N–H and O–H groups in total. The Hall–Kier alpha value is -2.65. The first-order valence-electron chi connectivity index (χ1n) is 6.53. The number of nitrogens with zero attached hydrogens (tertiary/aromatic N) is 1. The number of anilines is 1. The van der Waals surface area contributed by atoms with Crippen LogP contribution in [-0.2, 0) is 4.79 Å². The third-order valence-electron chi connectivity index (χ3n) is 2.94. The lowest BCUT2D eigenvalue weighted by Crippen LogP contribution is -2.31. The van der Waals surface area contributed by atoms with Crippen molar-refractivity contribution in [3.8, 4) is 11.8 Å². The van der Waals surface area contributed by atoms with Gasteiger partial charge in [0.1, 0.15) is 23.1 Å². The zero-order valence-corrected chi connectivity index (χ0v) is 12.7. The van der Waals surface area contributed by atoms with Crippen molar-refractivity contribution in [2.45, 2.75) is 13.0 Å². The van der Waals surface area contributed by atoms with Crippen LogP contribution in [-0.4, -0.2) is 12.0 Å². The van der Waals surface area contributed by atoms with Crippen LogP contribution in [0.4, 0.5) is 14.5 Å². The lowest BCUT2D eigenvalue weighted by molar-refractivity contribution is -0.122. The van der Waals surface area contributed by atoms with E-state index in [1.165, 1.54) is 31.2 Å². The van der Waals surface area contributed by atoms with Gasteiger partial charge in [0.2, 0.25) is 0 Å². The first kappa shape index (κ1) is 16.7. The van der Waals surface area contributed by atoms with E-state index < -0.39 is 29.3 Å². The molecule has 1 atom stereocenters. The van der Waals surface area contributed by atoms with Gasteiger partial charge in [-0.15, -0.1) is 0 Å². The van der Waals surface area contributed by atoms with Gasteiger partial charge in [-0.25, -0.2) is 8.78 Å². The summed E-state index contributed by atoms with van der Waals surface area (Å²) < 4.78 is 32.4. The number of nitriles is 1. The number of nitrogens with one attached hydrogen (secondary N) is 1. The third kappa shape index (κ3) is 3.96. The van der Waals surface area contributed by atoms with E-state index in [0.29, 0.717) is 5.56 Å². The molecule has 0 bridgehead atoms. The Labute approximate surface area is 136 Å². The number of hydrogen-bond acceptors (Lipinski definition) is 3. The zero-order valence-electron chi connectivity index (χ0n) is 11.9. The highest BCUT2D eigenvalue weighted by Crippen LogP contribution is 2.26. The Kier molecular flexibility index (Phi) is 5.14. The lowest BCUT2D eigenvalue weighted by Gasteiger charge is -2.16. The largest absolute Gasteiger partial charge is 0.479 e. The fourth-order valence-corrected chi connectivity index (χ4v) is 1.98. The van der Waals surface area contributed by atoms with E-state index in [1.807, 2.05) is 6.07 Å². The van der Waals surface area contributed by atoms with Crippen molar-refractivity contribution in [2.75, 3.05) is 5.32 Å². The maximum Gasteiger partial charge on any atom is 0.265 e. The molecule has 0 heterocycles. The van der Waals surface area contributed by atoms with Crippen LogP contribution in [0, 0.1) is 23.0 Å². The van der Waals surface area contributed by atoms with Crippen molar-refractivity contribution in [3.63, 3.8) is 0 Å². The minimum Gasteiger partial charge on any atom is -0.479 e. The summed E-state index contributed by atoms with van der Waals surface area (Å²) in [6.07, 6.45) is -1.06. The number of para-hydroxylation sites is 1. The van der Waals surface area contributed by atoms with Crippen molar-refractivity contribution in [1.82, 2.24) is 0 Å². The molecule has 0 saturated heterocycles. The SMILES string of the molecule is C[C@@H](Oc1ccc(C#N)cc1Cl)C(=O)Nc1c(F)cccc1F. The van der Waals surface area contributed by atoms with Gasteiger partial charge in [-0.3, -0.25) is 4.79 Å². The number of carbonyl (C=O) groups excluding carboxylic acids is 1. The zero-order chi connectivity index (χ0) is 17.0. The van der Waals surface area contributed by atoms with E-state index in [-0.39, 0.29) is 10.8 Å². The van der Waals surface area contributed by atoms with Gasteiger partial charge in [0, 0.05) is 0 Å². The molecule has 2 aromatic carbocycles. The summed E-state index contributed by atoms with van der Waals surface area (Å²) in [6, 6.07) is 9.46. The molecule has 4 nitrogen and oxygen atoms in total. The molecule has 2 rings (SSSR count). The van der Waals surface area contributed by atoms with Crippen LogP contribution in [0.2, 0.25) is 5.02 Å². The van der Waals surface area contributed by atoms with Gasteiger partial charge in [-0.1, -0.05) is 17.7 Å². The number of rotatable bonds is 4. The molecule has 0 spiro atoms. The van der Waals surface area contributed by atoms with Crippen LogP contribution in [0.3, 0.4) is 0 Å². The van der Waals surface area contributed by atoms with Crippen molar-refractivity contribution < 1.29 is 18.3 Å². The maximum absolute atomic E-state index is 13.5. The summed E-state index contributed by atoms with van der Waals surface area (Å²) in [6.45, 7) is 1.41. The predicted molar refractivity (Wildman–Crippen MR) is 81.2 cm³/mol. The van der Waals surface area contributed by atoms with E-state index in [4.69, 9.17) is 21.6 Å². The first-order valence-corrected chi connectivity index (χ1v) is 6.91. The second kappa shape index (κ2) is 7.07. The highest BCUT2D eigenvalue weighted by molar-refractivity contribution is 6.32. The molecule has 0 aliphatic rings. The minimum atomic E-state index is -1.06. The second-order valence-corrected chi connectivity index (χ2v) is 5.01. The Balaban J connectivity index is 2.10. The van der Waals surface area contributed by atoms with E-state index >= 15 is 0 Å². The Morgan fingerprint density at radius 1 is 1.30 bits per heavy atom. The molecular formula is C16H11ClF2N2O2. The molecule has 0 aliphatic heterocycles. The summed E-state index contributed by atoms with van der Waals surface area (Å²) in [7, 11) is 0. The smallest absolute Gasteiger partial charge is 0.265 e. The van der Waals surface area contributed by atoms with Crippen LogP contribution < -0.4 is 10.1 Å². The molecular weight excluding hydrogens is 326 g/mol. The summed E-state index contributed by atoms with van der Waals surface area (Å²) >= 11 is 5.94. The van der Waals surface area contributed by atoms with Crippen LogP contribution in [0.1, 0.15) is 12.5 Å². The highest BCUT2D eigenvalue weighted by atomic mass is 35.5. The Morgan fingerprint density at radius 2 is 1.96 bits per heavy atom. The second-order valence-electron chi connectivity index (χ2n) is 4.60. The predicted octanol–water partition coefficient (Wildman–Crippen LogP) is 3.90. The molecule has 0 aliphatic carbocycles. The molecule has 2 aromatic rings. The molecule has 0 fully saturated rings. The van der Waals surface area contributed by atoms with E-state index in [9.17, 15) is 13.6 Å². The average molecular weight is 337 g/mol. The van der Waals surface area contributed by atoms with Crippen LogP contribution in [0.15, 0.2) is 36.4 Å². The lowest BCUT2D eigenvalue weighted by atomic mass is 10.2. The first-order chi connectivity index (χ1) is 10.9. The molecule has 0 saturated carbocycles. The van der Waals surface area contributed by atoms with Gasteiger partial charge in [0.25, 0.3) is 5.91 Å². The van der Waals surface area contributed by atoms with Gasteiger partial charge >= 0.3 is 0 Å². The number of benzene rings is 2. The van der Waals surface area contributed by atoms with Crippen molar-refractivity contribution >= 4 is 23.2 Å². The summed E-state index contributed by atoms with van der Waals surface area (Å²) in [5.41, 5.74) is -0.202. The number of halogens is 3. The van der Waals surface area contributed by atoms with Gasteiger partial charge < -0.3 is 10.1 Å². The van der Waals surface area contributed by atoms with E-state index in [1.54, 1.807) is 0 Å². The monoisotopic (exact) mass is 336 g/mol. The quantitative estimate of drug-likeness (QED) is 0.921. The van der Waals surface area contributed by atoms with Crippen LogP contribution >= 0.6 is 11.6 Å². The Bertz CT molecular complexity index is 770. The van der Waals surface area contributed by atoms with Crippen molar-refractivity contribution in [3.05, 3.63) is 58.6 Å². The third-order valence-corrected chi connectivity index (χ3v) is 3.24. The molecule has 118 valence electrons. The molecule has 1 amide bonds. The molecule has 23 heavy (non-hydrogen) atoms. The molecule has 0 radical (unpaired) electrons. The van der Waals surface area contributed by atoms with Crippen LogP contribution in [0.5, 0.6) is 5.75 Å². The number of ether oxygens (including phenoxy) is 1. The number of amides is 1. The molecule has 7 heteroatoms. The fourth-order valence-electron chi connectivity index (χ4n) is 1.75. The van der Waals surface area contributed by atoms with Gasteiger partial charge in [0.15, 0.2) is 6.10 Å². The van der Waals surface area contributed by atoms with Crippen LogP contribution in [0.25, 0.3) is 0 Å². The Morgan fingerprint density at radius 3 is 2.52 bits per heavy atom. The highest BCUT2D eigenvalue weighted by Gasteiger charge is 2.19. The van der Waals surface area contributed by atoms with Gasteiger partial charge in [0.05, 0.1) is 16.7 Å². The van der Waals surface area contributed by atoms with Gasteiger partial charge in [-0.05, 0) is 37.3 Å². The number of hydrogen-bond donors (Lipinski definition) is 1. The molecule has 0 unspecified atom stereocenters. The normalized spacial score (nSPS) is 11.4. The van der Waals surface area contributed by atoms with E-state index in [0.717, 1.165) is 12.1 Å². The summed E-state index contributed by atoms with van der Waals surface area (Å²) in [5.74, 6) is -2.33. The standard InChI is InChI=1S/C16H11ClF2N2O2/c1-9(23-14-6-5-10(8-20)7-11(14)17)16(22)21-15-12(18)3-2-4-13(15)19/h2-7,9H,1H3,(H,21,22)/t9-/m1/s1. The topological polar surface area (TPSA) is 62.1 Å². The van der Waals surface area contributed by atoms with E-state index in [2.05, 4.69) is 5.32 Å². The molecule has 0 aromatic heterocycles. The number of carbonyl (C=O) groups is 1. The summed E-state index contributed by atoms with van der Waals surface area (Å²) in [5, 5.41) is 11.0.